The van der Waals surface area contributed by atoms with Gasteiger partial charge in [-0.05, 0) is 31.8 Å². The zero-order valence-corrected chi connectivity index (χ0v) is 10.6. The minimum absolute atomic E-state index is 0.432. The molecule has 2 atom stereocenters. The molecule has 0 amide bonds. The molecule has 2 N–H and O–H groups in total. The lowest BCUT2D eigenvalue weighted by atomic mass is 10.0. The van der Waals surface area contributed by atoms with E-state index in [2.05, 4.69) is 17.6 Å². The predicted octanol–water partition coefficient (Wildman–Crippen LogP) is 0.627. The summed E-state index contributed by atoms with van der Waals surface area (Å²) in [6, 6.07) is 0. The van der Waals surface area contributed by atoms with E-state index in [0.29, 0.717) is 12.0 Å². The molecule has 4 heteroatoms. The molecule has 0 aliphatic carbocycles. The summed E-state index contributed by atoms with van der Waals surface area (Å²) in [6.45, 7) is 8.06. The van der Waals surface area contributed by atoms with Crippen molar-refractivity contribution in [3.05, 3.63) is 0 Å². The molecule has 0 aromatic carbocycles. The average molecular weight is 230 g/mol. The highest BCUT2D eigenvalue weighted by Crippen LogP contribution is 2.18. The number of rotatable bonds is 9. The largest absolute Gasteiger partial charge is 0.383 e. The smallest absolute Gasteiger partial charge is 0.0725 e. The molecule has 4 nitrogen and oxygen atoms in total. The summed E-state index contributed by atoms with van der Waals surface area (Å²) in [5, 5.41) is 6.78. The molecule has 0 aromatic heterocycles. The summed E-state index contributed by atoms with van der Waals surface area (Å²) in [5.74, 6) is 0.715. The van der Waals surface area contributed by atoms with Crippen LogP contribution < -0.4 is 10.6 Å². The van der Waals surface area contributed by atoms with Crippen molar-refractivity contribution in [2.45, 2.75) is 25.9 Å². The summed E-state index contributed by atoms with van der Waals surface area (Å²) >= 11 is 0. The number of nitrogens with one attached hydrogen (secondary N) is 2. The molecule has 0 spiro atoms. The van der Waals surface area contributed by atoms with E-state index in [4.69, 9.17) is 9.47 Å². The average Bonchev–Trinajstić information content (AvgIpc) is 2.68. The first-order valence-electron chi connectivity index (χ1n) is 6.36. The summed E-state index contributed by atoms with van der Waals surface area (Å²) in [5.41, 5.74) is 0. The van der Waals surface area contributed by atoms with Gasteiger partial charge >= 0.3 is 0 Å². The van der Waals surface area contributed by atoms with E-state index in [1.54, 1.807) is 7.11 Å². The zero-order valence-electron chi connectivity index (χ0n) is 10.6. The van der Waals surface area contributed by atoms with Gasteiger partial charge in [-0.1, -0.05) is 6.92 Å². The molecule has 1 heterocycles. The maximum absolute atomic E-state index is 5.63. The second kappa shape index (κ2) is 8.93. The quantitative estimate of drug-likeness (QED) is 0.570. The summed E-state index contributed by atoms with van der Waals surface area (Å²) < 4.78 is 10.6. The third-order valence-electron chi connectivity index (χ3n) is 3.08. The van der Waals surface area contributed by atoms with Crippen LogP contribution in [-0.2, 0) is 9.47 Å². The Bertz CT molecular complexity index is 167. The van der Waals surface area contributed by atoms with Gasteiger partial charge in [0, 0.05) is 26.8 Å². The van der Waals surface area contributed by atoms with E-state index in [9.17, 15) is 0 Å². The van der Waals surface area contributed by atoms with Gasteiger partial charge in [-0.15, -0.1) is 0 Å². The minimum Gasteiger partial charge on any atom is -0.383 e. The highest BCUT2D eigenvalue weighted by Gasteiger charge is 2.23. The van der Waals surface area contributed by atoms with Crippen molar-refractivity contribution in [1.82, 2.24) is 10.6 Å². The van der Waals surface area contributed by atoms with Crippen LogP contribution >= 0.6 is 0 Å². The van der Waals surface area contributed by atoms with Gasteiger partial charge in [0.1, 0.15) is 0 Å². The van der Waals surface area contributed by atoms with Crippen LogP contribution in [-0.4, -0.2) is 52.6 Å². The molecule has 2 unspecified atom stereocenters. The van der Waals surface area contributed by atoms with Gasteiger partial charge in [-0.25, -0.2) is 0 Å². The zero-order chi connectivity index (χ0) is 11.6. The van der Waals surface area contributed by atoms with Crippen LogP contribution in [0.3, 0.4) is 0 Å². The lowest BCUT2D eigenvalue weighted by Crippen LogP contribution is -2.32. The first-order valence-corrected chi connectivity index (χ1v) is 6.36. The van der Waals surface area contributed by atoms with Gasteiger partial charge in [0.25, 0.3) is 0 Å². The number of ether oxygens (including phenoxy) is 2. The second-order valence-electron chi connectivity index (χ2n) is 4.48. The minimum atomic E-state index is 0.432. The van der Waals surface area contributed by atoms with Gasteiger partial charge in [0.2, 0.25) is 0 Å². The van der Waals surface area contributed by atoms with E-state index in [1.165, 1.54) is 6.42 Å². The highest BCUT2D eigenvalue weighted by molar-refractivity contribution is 4.74. The number of methoxy groups -OCH3 is 1. The maximum atomic E-state index is 5.63. The molecule has 96 valence electrons. The van der Waals surface area contributed by atoms with E-state index in [0.717, 1.165) is 45.8 Å². The molecule has 0 radical (unpaired) electrons. The van der Waals surface area contributed by atoms with Crippen molar-refractivity contribution in [3.63, 3.8) is 0 Å². The molecule has 0 bridgehead atoms. The molecule has 1 fully saturated rings. The van der Waals surface area contributed by atoms with E-state index >= 15 is 0 Å². The van der Waals surface area contributed by atoms with Crippen molar-refractivity contribution >= 4 is 0 Å². The normalized spacial score (nSPS) is 25.1. The van der Waals surface area contributed by atoms with E-state index in [1.807, 2.05) is 0 Å². The monoisotopic (exact) mass is 230 g/mol. The molecule has 1 aliphatic heterocycles. The van der Waals surface area contributed by atoms with Gasteiger partial charge in [-0.3, -0.25) is 0 Å². The molecular weight excluding hydrogens is 204 g/mol. The molecule has 0 saturated carbocycles. The Labute approximate surface area is 99.1 Å². The second-order valence-corrected chi connectivity index (χ2v) is 4.48. The first-order chi connectivity index (χ1) is 7.84. The van der Waals surface area contributed by atoms with E-state index in [-0.39, 0.29) is 0 Å². The van der Waals surface area contributed by atoms with Crippen LogP contribution in [0.25, 0.3) is 0 Å². The Morgan fingerprint density at radius 2 is 2.06 bits per heavy atom. The Morgan fingerprint density at radius 1 is 1.25 bits per heavy atom. The molecule has 1 saturated heterocycles. The summed E-state index contributed by atoms with van der Waals surface area (Å²) in [4.78, 5) is 0. The van der Waals surface area contributed by atoms with Gasteiger partial charge in [-0.2, -0.15) is 0 Å². The van der Waals surface area contributed by atoms with Gasteiger partial charge < -0.3 is 20.1 Å². The Hall–Kier alpha value is -0.160. The molecule has 16 heavy (non-hydrogen) atoms. The van der Waals surface area contributed by atoms with Crippen LogP contribution in [0.5, 0.6) is 0 Å². The Kier molecular flexibility index (Phi) is 7.76. The Balaban J connectivity index is 1.81. The molecule has 1 aliphatic rings. The van der Waals surface area contributed by atoms with Crippen molar-refractivity contribution in [2.75, 3.05) is 46.5 Å². The van der Waals surface area contributed by atoms with Crippen LogP contribution in [0.2, 0.25) is 0 Å². The molecular formula is C12H26N2O2. The number of hydrogen-bond acceptors (Lipinski definition) is 4. The SMILES string of the molecule is COCCNCCCNCC1OCCC1C. The lowest BCUT2D eigenvalue weighted by Gasteiger charge is -2.15. The fourth-order valence-electron chi connectivity index (χ4n) is 1.90. The summed E-state index contributed by atoms with van der Waals surface area (Å²) in [7, 11) is 1.73. The first kappa shape index (κ1) is 13.9. The summed E-state index contributed by atoms with van der Waals surface area (Å²) in [6.07, 6.45) is 2.80. The third kappa shape index (κ3) is 5.80. The van der Waals surface area contributed by atoms with Crippen LogP contribution in [0.4, 0.5) is 0 Å². The third-order valence-corrected chi connectivity index (χ3v) is 3.08. The fraction of sp³-hybridized carbons (Fsp3) is 1.00. The van der Waals surface area contributed by atoms with Gasteiger partial charge in [0.15, 0.2) is 0 Å². The number of hydrogen-bond donors (Lipinski definition) is 2. The van der Waals surface area contributed by atoms with E-state index < -0.39 is 0 Å². The van der Waals surface area contributed by atoms with Crippen molar-refractivity contribution in [3.8, 4) is 0 Å². The predicted molar refractivity (Wildman–Crippen MR) is 65.8 cm³/mol. The standard InChI is InChI=1S/C12H26N2O2/c1-11-4-8-16-12(11)10-14-6-3-5-13-7-9-15-2/h11-14H,3-10H2,1-2H3. The maximum Gasteiger partial charge on any atom is 0.0725 e. The molecule has 0 aromatic rings. The topological polar surface area (TPSA) is 42.5 Å². The van der Waals surface area contributed by atoms with Crippen LogP contribution in [0.15, 0.2) is 0 Å². The highest BCUT2D eigenvalue weighted by atomic mass is 16.5. The van der Waals surface area contributed by atoms with Crippen molar-refractivity contribution in [2.24, 2.45) is 5.92 Å². The van der Waals surface area contributed by atoms with Crippen LogP contribution in [0.1, 0.15) is 19.8 Å². The fourth-order valence-corrected chi connectivity index (χ4v) is 1.90. The Morgan fingerprint density at radius 3 is 2.75 bits per heavy atom. The molecule has 1 rings (SSSR count). The van der Waals surface area contributed by atoms with Crippen LogP contribution in [0, 0.1) is 5.92 Å². The lowest BCUT2D eigenvalue weighted by molar-refractivity contribution is 0.0935. The van der Waals surface area contributed by atoms with Gasteiger partial charge in [0.05, 0.1) is 12.7 Å². The van der Waals surface area contributed by atoms with Crippen molar-refractivity contribution < 1.29 is 9.47 Å². The van der Waals surface area contributed by atoms with Crippen molar-refractivity contribution in [1.29, 1.82) is 0 Å².